The van der Waals surface area contributed by atoms with Gasteiger partial charge in [-0.3, -0.25) is 0 Å². The molecule has 0 radical (unpaired) electrons. The Labute approximate surface area is 159 Å². The van der Waals surface area contributed by atoms with Crippen molar-refractivity contribution >= 4 is 24.0 Å². The highest BCUT2D eigenvalue weighted by Gasteiger charge is 2.18. The zero-order valence-electron chi connectivity index (χ0n) is 15.1. The van der Waals surface area contributed by atoms with Gasteiger partial charge in [-0.15, -0.1) is 11.3 Å². The van der Waals surface area contributed by atoms with Crippen LogP contribution in [0.5, 0.6) is 0 Å². The summed E-state index contributed by atoms with van der Waals surface area (Å²) in [6.07, 6.45) is 13.7. The summed E-state index contributed by atoms with van der Waals surface area (Å²) in [5.74, 6) is 0. The molecule has 1 aliphatic heterocycles. The maximum atomic E-state index is 4.41. The summed E-state index contributed by atoms with van der Waals surface area (Å²) in [6.45, 7) is 10.6. The predicted octanol–water partition coefficient (Wildman–Crippen LogP) is 4.60. The largest absolute Gasteiger partial charge is 0.362 e. The Morgan fingerprint density at radius 2 is 1.96 bits per heavy atom. The Balaban J connectivity index is 1.75. The third-order valence-electron chi connectivity index (χ3n) is 4.91. The third kappa shape index (κ3) is 3.25. The number of hydrogen-bond acceptors (Lipinski definition) is 2. The molecule has 0 amide bonds. The molecule has 1 aliphatic carbocycles. The van der Waals surface area contributed by atoms with Gasteiger partial charge >= 0.3 is 0 Å². The fraction of sp³-hybridized carbons (Fsp3) is 0.167. The fourth-order valence-electron chi connectivity index (χ4n) is 3.64. The molecule has 0 saturated heterocycles. The highest BCUT2D eigenvalue weighted by molar-refractivity contribution is 7.10. The molecule has 2 heteroatoms. The minimum absolute atomic E-state index is 0.832. The molecule has 1 nitrogen and oxygen atoms in total. The van der Waals surface area contributed by atoms with Crippen molar-refractivity contribution in [3.05, 3.63) is 92.3 Å². The molecule has 0 bridgehead atoms. The van der Waals surface area contributed by atoms with Crippen molar-refractivity contribution in [1.82, 2.24) is 5.32 Å². The Hall–Kier alpha value is -2.58. The monoisotopic (exact) mass is 357 g/mol. The summed E-state index contributed by atoms with van der Waals surface area (Å²) in [4.78, 5) is 1.47. The molecular weight excluding hydrogens is 334 g/mol. The highest BCUT2D eigenvalue weighted by Crippen LogP contribution is 2.32. The van der Waals surface area contributed by atoms with E-state index in [0.717, 1.165) is 35.8 Å². The lowest BCUT2D eigenvalue weighted by Gasteiger charge is -2.15. The van der Waals surface area contributed by atoms with Crippen molar-refractivity contribution in [2.24, 2.45) is 0 Å². The first-order valence-corrected chi connectivity index (χ1v) is 9.83. The standard InChI is InChI=1S/C24H23NS/c1-16-7-6-8-17(2)25-20(15-16)12-14-22-18(3)24-21-10-5-4-9-19(21)11-13-23(24)26-22/h4-10,12,14,25H,1,3,11,13,15H2,2H3/b7-6-,17-8-,20-12+,22-14+. The zero-order chi connectivity index (χ0) is 18.1. The SMILES string of the molecule is C=C1/C=C\C=C(\C)N/C(=C/C=c2/sc3c(c2=C)-c2ccccc2CC3)C1. The van der Waals surface area contributed by atoms with Gasteiger partial charge in [-0.05, 0) is 59.9 Å². The Morgan fingerprint density at radius 1 is 1.12 bits per heavy atom. The Kier molecular flexibility index (Phi) is 4.52. The lowest BCUT2D eigenvalue weighted by Crippen LogP contribution is -2.19. The number of thiophene rings is 1. The molecule has 1 aromatic heterocycles. The summed E-state index contributed by atoms with van der Waals surface area (Å²) in [6, 6.07) is 8.74. The molecular formula is C24H23NS. The molecule has 26 heavy (non-hydrogen) atoms. The van der Waals surface area contributed by atoms with Crippen molar-refractivity contribution in [2.45, 2.75) is 26.2 Å². The average Bonchev–Trinajstić information content (AvgIpc) is 2.94. The molecule has 130 valence electrons. The number of hydrogen-bond donors (Lipinski definition) is 1. The average molecular weight is 358 g/mol. The molecule has 2 aliphatic rings. The second-order valence-electron chi connectivity index (χ2n) is 6.93. The van der Waals surface area contributed by atoms with Crippen LogP contribution in [0.25, 0.3) is 23.8 Å². The normalized spacial score (nSPS) is 21.9. The van der Waals surface area contributed by atoms with Crippen LogP contribution in [-0.4, -0.2) is 0 Å². The van der Waals surface area contributed by atoms with Gasteiger partial charge in [0.1, 0.15) is 0 Å². The summed E-state index contributed by atoms with van der Waals surface area (Å²) < 4.78 is 1.26. The molecule has 0 atom stereocenters. The van der Waals surface area contributed by atoms with Gasteiger partial charge in [-0.25, -0.2) is 0 Å². The van der Waals surface area contributed by atoms with E-state index >= 15 is 0 Å². The van der Waals surface area contributed by atoms with Crippen LogP contribution < -0.4 is 15.1 Å². The van der Waals surface area contributed by atoms with Gasteiger partial charge in [0, 0.05) is 32.8 Å². The van der Waals surface area contributed by atoms with Crippen LogP contribution in [0.3, 0.4) is 0 Å². The summed E-state index contributed by atoms with van der Waals surface area (Å²) in [5.41, 5.74) is 7.58. The van der Waals surface area contributed by atoms with Gasteiger partial charge in [0.2, 0.25) is 0 Å². The summed E-state index contributed by atoms with van der Waals surface area (Å²) in [7, 11) is 0. The molecule has 0 fully saturated rings. The van der Waals surface area contributed by atoms with Gasteiger partial charge in [0.25, 0.3) is 0 Å². The smallest absolute Gasteiger partial charge is 0.0346 e. The van der Waals surface area contributed by atoms with E-state index in [1.807, 2.05) is 17.4 Å². The minimum atomic E-state index is 0.832. The number of aryl methyl sites for hydroxylation is 2. The Bertz CT molecular complexity index is 1080. The van der Waals surface area contributed by atoms with E-state index in [2.05, 4.69) is 74.0 Å². The van der Waals surface area contributed by atoms with Gasteiger partial charge in [0.05, 0.1) is 0 Å². The number of allylic oxidation sites excluding steroid dienone is 6. The lowest BCUT2D eigenvalue weighted by molar-refractivity contribution is 0.909. The predicted molar refractivity (Wildman–Crippen MR) is 114 cm³/mol. The molecule has 4 rings (SSSR count). The van der Waals surface area contributed by atoms with Gasteiger partial charge in [0.15, 0.2) is 0 Å². The summed E-state index contributed by atoms with van der Waals surface area (Å²) in [5, 5.41) is 4.64. The van der Waals surface area contributed by atoms with Gasteiger partial charge in [-0.2, -0.15) is 0 Å². The Morgan fingerprint density at radius 3 is 2.85 bits per heavy atom. The first kappa shape index (κ1) is 16.9. The van der Waals surface area contributed by atoms with Crippen molar-refractivity contribution in [1.29, 1.82) is 0 Å². The molecule has 2 heterocycles. The van der Waals surface area contributed by atoms with E-state index in [9.17, 15) is 0 Å². The van der Waals surface area contributed by atoms with Crippen molar-refractivity contribution in [3.8, 4) is 11.1 Å². The second-order valence-corrected chi connectivity index (χ2v) is 8.06. The molecule has 1 N–H and O–H groups in total. The van der Waals surface area contributed by atoms with Crippen LogP contribution in [-0.2, 0) is 12.8 Å². The van der Waals surface area contributed by atoms with E-state index in [1.165, 1.54) is 31.8 Å². The molecule has 1 aromatic carbocycles. The maximum Gasteiger partial charge on any atom is 0.0346 e. The number of nitrogens with one attached hydrogen (secondary N) is 1. The first-order chi connectivity index (χ1) is 12.6. The summed E-state index contributed by atoms with van der Waals surface area (Å²) >= 11 is 1.88. The number of benzene rings is 1. The quantitative estimate of drug-likeness (QED) is 0.787. The maximum absolute atomic E-state index is 4.41. The third-order valence-corrected chi connectivity index (χ3v) is 6.17. The second kappa shape index (κ2) is 6.97. The topological polar surface area (TPSA) is 12.0 Å². The molecule has 2 aromatic rings. The molecule has 0 unspecified atom stereocenters. The van der Waals surface area contributed by atoms with Crippen LogP contribution in [0.1, 0.15) is 23.8 Å². The lowest BCUT2D eigenvalue weighted by atomic mass is 9.90. The fourth-order valence-corrected chi connectivity index (χ4v) is 4.80. The van der Waals surface area contributed by atoms with Crippen molar-refractivity contribution < 1.29 is 0 Å². The number of fused-ring (bicyclic) bond motifs is 3. The van der Waals surface area contributed by atoms with Gasteiger partial charge < -0.3 is 5.32 Å². The van der Waals surface area contributed by atoms with Crippen molar-refractivity contribution in [3.63, 3.8) is 0 Å². The van der Waals surface area contributed by atoms with E-state index in [-0.39, 0.29) is 0 Å². The van der Waals surface area contributed by atoms with E-state index in [0.29, 0.717) is 0 Å². The molecule has 0 saturated carbocycles. The van der Waals surface area contributed by atoms with Crippen LogP contribution in [0, 0.1) is 0 Å². The van der Waals surface area contributed by atoms with Crippen LogP contribution in [0.4, 0.5) is 0 Å². The van der Waals surface area contributed by atoms with Crippen LogP contribution in [0.15, 0.2) is 72.1 Å². The molecule has 0 spiro atoms. The minimum Gasteiger partial charge on any atom is -0.362 e. The van der Waals surface area contributed by atoms with E-state index in [1.54, 1.807) is 0 Å². The van der Waals surface area contributed by atoms with Gasteiger partial charge in [-0.1, -0.05) is 49.6 Å². The van der Waals surface area contributed by atoms with Crippen molar-refractivity contribution in [2.75, 3.05) is 0 Å². The zero-order valence-corrected chi connectivity index (χ0v) is 16.0. The highest BCUT2D eigenvalue weighted by atomic mass is 32.1. The van der Waals surface area contributed by atoms with Crippen LogP contribution >= 0.6 is 11.3 Å². The first-order valence-electron chi connectivity index (χ1n) is 9.01. The van der Waals surface area contributed by atoms with E-state index in [4.69, 9.17) is 0 Å². The van der Waals surface area contributed by atoms with Crippen LogP contribution in [0.2, 0.25) is 0 Å². The number of rotatable bonds is 1. The van der Waals surface area contributed by atoms with E-state index < -0.39 is 0 Å².